The topological polar surface area (TPSA) is 80.0 Å². The minimum Gasteiger partial charge on any atom is -1.00 e. The molecule has 2 N–H and O–H groups in total. The van der Waals surface area contributed by atoms with Crippen LogP contribution in [0.4, 0.5) is 0 Å². The van der Waals surface area contributed by atoms with Crippen LogP contribution in [0.15, 0.2) is 42.5 Å². The first-order chi connectivity index (χ1) is 14.4. The predicted molar refractivity (Wildman–Crippen MR) is 123 cm³/mol. The molecule has 174 valence electrons. The third kappa shape index (κ3) is 6.65. The first-order valence-electron chi connectivity index (χ1n) is 10.7. The average molecular weight is 551 g/mol. The van der Waals surface area contributed by atoms with Crippen molar-refractivity contribution in [2.45, 2.75) is 38.6 Å². The Hall–Kier alpha value is -2.20. The van der Waals surface area contributed by atoms with Crippen molar-refractivity contribution in [3.05, 3.63) is 53.6 Å². The Balaban J connectivity index is 0.00000363. The molecular weight excluding hydrogens is 517 g/mol. The third-order valence-electron chi connectivity index (χ3n) is 5.28. The number of hydrogen-bond donors (Lipinski definition) is 2. The Kier molecular flexibility index (Phi) is 8.27. The number of quaternary nitrogens is 1. The van der Waals surface area contributed by atoms with Crippen molar-refractivity contribution in [2.24, 2.45) is 0 Å². The molecule has 0 spiro atoms. The van der Waals surface area contributed by atoms with Crippen molar-refractivity contribution in [3.8, 4) is 5.75 Å². The number of fused-ring (bicyclic) bond motifs is 1. The number of phenolic OH excluding ortho intramolecular Hbond substituents is 1. The van der Waals surface area contributed by atoms with Gasteiger partial charge in [0.15, 0.2) is 0 Å². The van der Waals surface area contributed by atoms with E-state index in [0.717, 1.165) is 33.2 Å². The second-order valence-corrected chi connectivity index (χ2v) is 10.1. The smallest absolute Gasteiger partial charge is 0.222 e. The number of phenols is 1. The van der Waals surface area contributed by atoms with Gasteiger partial charge in [0, 0.05) is 0 Å². The van der Waals surface area contributed by atoms with E-state index in [1.54, 1.807) is 10.9 Å². The van der Waals surface area contributed by atoms with Crippen LogP contribution in [0, 0.1) is 0 Å². The number of benzene rings is 2. The first kappa shape index (κ1) is 26.1. The maximum Gasteiger partial charge on any atom is 0.222 e. The largest absolute Gasteiger partial charge is 1.00 e. The van der Waals surface area contributed by atoms with Gasteiger partial charge in [0.2, 0.25) is 5.91 Å². The van der Waals surface area contributed by atoms with Crippen LogP contribution in [0.2, 0.25) is 0 Å². The van der Waals surface area contributed by atoms with E-state index in [0.29, 0.717) is 6.54 Å². The molecule has 1 amide bonds. The van der Waals surface area contributed by atoms with Crippen LogP contribution in [0.1, 0.15) is 44.4 Å². The highest BCUT2D eigenvalue weighted by Gasteiger charge is 2.25. The molecule has 1 heterocycles. The van der Waals surface area contributed by atoms with Crippen LogP contribution in [-0.4, -0.2) is 64.7 Å². The summed E-state index contributed by atoms with van der Waals surface area (Å²) in [5.41, 5.74) is 3.06. The number of nitrogens with zero attached hydrogens (tertiary/aromatic N) is 4. The fourth-order valence-electron chi connectivity index (χ4n) is 3.49. The summed E-state index contributed by atoms with van der Waals surface area (Å²) in [4.78, 5) is 14.4. The Bertz CT molecular complexity index is 1030. The van der Waals surface area contributed by atoms with Crippen molar-refractivity contribution in [2.75, 3.05) is 34.2 Å². The zero-order valence-electron chi connectivity index (χ0n) is 19.8. The van der Waals surface area contributed by atoms with Crippen molar-refractivity contribution < 1.29 is 38.4 Å². The zero-order chi connectivity index (χ0) is 22.8. The highest BCUT2D eigenvalue weighted by atomic mass is 127. The molecule has 0 bridgehead atoms. The second-order valence-electron chi connectivity index (χ2n) is 10.1. The lowest BCUT2D eigenvalue weighted by Gasteiger charge is -2.25. The molecule has 8 heteroatoms. The minimum absolute atomic E-state index is 0. The molecule has 0 aliphatic heterocycles. The van der Waals surface area contributed by atoms with E-state index in [1.165, 1.54) is 0 Å². The van der Waals surface area contributed by atoms with E-state index in [2.05, 4.69) is 57.4 Å². The molecule has 0 saturated carbocycles. The number of aromatic hydroxyl groups is 1. The number of rotatable bonds is 7. The summed E-state index contributed by atoms with van der Waals surface area (Å²) in [6.07, 6.45) is 0.215. The maximum atomic E-state index is 12.8. The monoisotopic (exact) mass is 551 g/mol. The highest BCUT2D eigenvalue weighted by Crippen LogP contribution is 2.34. The number of likely N-dealkylation sites (N-methyl/N-ethyl adjacent to an activating group) is 1. The Morgan fingerprint density at radius 3 is 2.22 bits per heavy atom. The van der Waals surface area contributed by atoms with Crippen molar-refractivity contribution in [1.82, 2.24) is 20.3 Å². The van der Waals surface area contributed by atoms with Gasteiger partial charge in [-0.15, -0.1) is 0 Å². The predicted octanol–water partition coefficient (Wildman–Crippen LogP) is 0.240. The van der Waals surface area contributed by atoms with Crippen LogP contribution in [0.25, 0.3) is 11.0 Å². The van der Waals surface area contributed by atoms with E-state index in [-0.39, 0.29) is 53.5 Å². The standard InChI is InChI=1S/C24H33N5O2.HI/c1-24(2,3)18-15-17(11-12-22(18)30)21(16-23(31)25-13-14-29(4,5)6)28-26-19-9-7-8-10-20(19)27-28;/h7-12,15,21H,13-14,16H2,1-6H3,(H-,25,30,31);1H. The van der Waals surface area contributed by atoms with Crippen molar-refractivity contribution in [1.29, 1.82) is 0 Å². The Morgan fingerprint density at radius 1 is 1.09 bits per heavy atom. The van der Waals surface area contributed by atoms with E-state index in [1.807, 2.05) is 36.4 Å². The van der Waals surface area contributed by atoms with Gasteiger partial charge in [-0.2, -0.15) is 15.0 Å². The number of amides is 1. The summed E-state index contributed by atoms with van der Waals surface area (Å²) in [5, 5.41) is 22.7. The summed E-state index contributed by atoms with van der Waals surface area (Å²) < 4.78 is 0.780. The van der Waals surface area contributed by atoms with Crippen LogP contribution >= 0.6 is 0 Å². The molecule has 0 aliphatic carbocycles. The van der Waals surface area contributed by atoms with Crippen LogP contribution in [0.3, 0.4) is 0 Å². The van der Waals surface area contributed by atoms with E-state index >= 15 is 0 Å². The second kappa shape index (κ2) is 10.2. The molecule has 0 aliphatic rings. The lowest BCUT2D eigenvalue weighted by atomic mass is 9.84. The average Bonchev–Trinajstić information content (AvgIpc) is 3.08. The highest BCUT2D eigenvalue weighted by molar-refractivity contribution is 5.77. The molecule has 3 rings (SSSR count). The molecule has 0 fully saturated rings. The normalized spacial score (nSPS) is 12.9. The number of halogens is 1. The van der Waals surface area contributed by atoms with Gasteiger partial charge in [-0.1, -0.05) is 39.0 Å². The minimum atomic E-state index is -0.377. The van der Waals surface area contributed by atoms with Gasteiger partial charge in [-0.05, 0) is 40.8 Å². The lowest BCUT2D eigenvalue weighted by Crippen LogP contribution is -3.00. The van der Waals surface area contributed by atoms with Gasteiger partial charge in [-0.25, -0.2) is 0 Å². The van der Waals surface area contributed by atoms with Gasteiger partial charge in [0.05, 0.1) is 40.7 Å². The van der Waals surface area contributed by atoms with Crippen LogP contribution < -0.4 is 29.3 Å². The maximum absolute atomic E-state index is 12.8. The summed E-state index contributed by atoms with van der Waals surface area (Å²) >= 11 is 0. The molecule has 2 aromatic carbocycles. The zero-order valence-corrected chi connectivity index (χ0v) is 21.9. The summed E-state index contributed by atoms with van der Waals surface area (Å²) in [5.74, 6) is 0.200. The lowest BCUT2D eigenvalue weighted by molar-refractivity contribution is -0.869. The van der Waals surface area contributed by atoms with E-state index in [4.69, 9.17) is 0 Å². The molecule has 1 aromatic heterocycles. The Labute approximate surface area is 207 Å². The van der Waals surface area contributed by atoms with Gasteiger partial charge in [0.25, 0.3) is 0 Å². The SMILES string of the molecule is CC(C)(C)c1cc(C(CC(=O)NCC[N+](C)(C)C)n2nc3ccccc3n2)ccc1O.[I-]. The number of hydrogen-bond acceptors (Lipinski definition) is 4. The third-order valence-corrected chi connectivity index (χ3v) is 5.28. The van der Waals surface area contributed by atoms with Crippen molar-refractivity contribution in [3.63, 3.8) is 0 Å². The van der Waals surface area contributed by atoms with E-state index in [9.17, 15) is 9.90 Å². The molecule has 7 nitrogen and oxygen atoms in total. The van der Waals surface area contributed by atoms with Gasteiger partial charge >= 0.3 is 0 Å². The fraction of sp³-hybridized carbons (Fsp3) is 0.458. The molecule has 32 heavy (non-hydrogen) atoms. The fourth-order valence-corrected chi connectivity index (χ4v) is 3.49. The molecule has 0 radical (unpaired) electrons. The summed E-state index contributed by atoms with van der Waals surface area (Å²) in [7, 11) is 6.29. The number of nitrogens with one attached hydrogen (secondary N) is 1. The van der Waals surface area contributed by atoms with Gasteiger partial charge < -0.3 is 38.9 Å². The summed E-state index contributed by atoms with van der Waals surface area (Å²) in [6.45, 7) is 7.61. The van der Waals surface area contributed by atoms with Gasteiger partial charge in [0.1, 0.15) is 22.8 Å². The van der Waals surface area contributed by atoms with Crippen molar-refractivity contribution >= 4 is 16.9 Å². The first-order valence-corrected chi connectivity index (χ1v) is 10.7. The van der Waals surface area contributed by atoms with Crippen LogP contribution in [-0.2, 0) is 10.2 Å². The molecule has 0 saturated heterocycles. The molecule has 1 unspecified atom stereocenters. The number of carbonyl (C=O) groups is 1. The van der Waals surface area contributed by atoms with Gasteiger partial charge in [-0.3, -0.25) is 4.79 Å². The van der Waals surface area contributed by atoms with E-state index < -0.39 is 0 Å². The quantitative estimate of drug-likeness (QED) is 0.326. The number of carbonyl (C=O) groups excluding carboxylic acids is 1. The molecule has 1 atom stereocenters. The Morgan fingerprint density at radius 2 is 1.69 bits per heavy atom. The summed E-state index contributed by atoms with van der Waals surface area (Å²) in [6, 6.07) is 12.8. The van der Waals surface area contributed by atoms with Crippen LogP contribution in [0.5, 0.6) is 5.75 Å². The molecule has 3 aromatic rings. The molecular formula is C24H34IN5O2. The number of aromatic nitrogens is 3.